The molecule has 7 nitrogen and oxygen atoms in total. The van der Waals surface area contributed by atoms with E-state index in [9.17, 15) is 4.79 Å². The number of hydrogen-bond donors (Lipinski definition) is 1. The summed E-state index contributed by atoms with van der Waals surface area (Å²) in [7, 11) is 3.21. The maximum atomic E-state index is 12.1. The zero-order chi connectivity index (χ0) is 19.1. The van der Waals surface area contributed by atoms with Gasteiger partial charge in [-0.2, -0.15) is 4.98 Å². The first-order valence-electron chi connectivity index (χ1n) is 8.55. The second-order valence-electron chi connectivity index (χ2n) is 5.83. The molecule has 0 atom stereocenters. The summed E-state index contributed by atoms with van der Waals surface area (Å²) in [5.41, 5.74) is 1.78. The molecule has 0 saturated heterocycles. The van der Waals surface area contributed by atoms with Crippen LogP contribution in [0.3, 0.4) is 0 Å². The van der Waals surface area contributed by atoms with Crippen molar-refractivity contribution in [3.63, 3.8) is 0 Å². The topological polar surface area (TPSA) is 86.5 Å². The summed E-state index contributed by atoms with van der Waals surface area (Å²) < 4.78 is 15.7. The molecule has 1 heterocycles. The number of methoxy groups -OCH3 is 2. The van der Waals surface area contributed by atoms with Crippen LogP contribution in [0.4, 0.5) is 0 Å². The lowest BCUT2D eigenvalue weighted by molar-refractivity contribution is -0.121. The molecule has 0 aliphatic carbocycles. The Morgan fingerprint density at radius 1 is 1.11 bits per heavy atom. The molecule has 0 bridgehead atoms. The van der Waals surface area contributed by atoms with Crippen LogP contribution >= 0.6 is 0 Å². The highest BCUT2D eigenvalue weighted by atomic mass is 16.5. The second-order valence-corrected chi connectivity index (χ2v) is 5.83. The first-order chi connectivity index (χ1) is 13.2. The number of aryl methyl sites for hydroxylation is 1. The number of ether oxygens (including phenoxy) is 2. The summed E-state index contributed by atoms with van der Waals surface area (Å²) in [6.07, 6.45) is 0.842. The van der Waals surface area contributed by atoms with Gasteiger partial charge in [-0.1, -0.05) is 35.5 Å². The van der Waals surface area contributed by atoms with Crippen LogP contribution in [0.2, 0.25) is 0 Å². The minimum absolute atomic E-state index is 0.112. The van der Waals surface area contributed by atoms with Crippen molar-refractivity contribution in [2.45, 2.75) is 19.4 Å². The molecule has 27 heavy (non-hydrogen) atoms. The van der Waals surface area contributed by atoms with E-state index in [1.165, 1.54) is 0 Å². The van der Waals surface area contributed by atoms with Crippen LogP contribution in [0.15, 0.2) is 53.1 Å². The Morgan fingerprint density at radius 2 is 1.93 bits per heavy atom. The van der Waals surface area contributed by atoms with E-state index in [4.69, 9.17) is 14.0 Å². The monoisotopic (exact) mass is 367 g/mol. The van der Waals surface area contributed by atoms with Gasteiger partial charge < -0.3 is 19.3 Å². The van der Waals surface area contributed by atoms with Gasteiger partial charge in [0.1, 0.15) is 11.5 Å². The van der Waals surface area contributed by atoms with Crippen LogP contribution in [0.1, 0.15) is 17.9 Å². The fourth-order valence-electron chi connectivity index (χ4n) is 2.62. The summed E-state index contributed by atoms with van der Waals surface area (Å²) in [4.78, 5) is 16.4. The van der Waals surface area contributed by atoms with Gasteiger partial charge in [-0.25, -0.2) is 0 Å². The lowest BCUT2D eigenvalue weighted by Crippen LogP contribution is -2.23. The molecule has 0 spiro atoms. The van der Waals surface area contributed by atoms with Crippen molar-refractivity contribution < 1.29 is 18.8 Å². The summed E-state index contributed by atoms with van der Waals surface area (Å²) >= 11 is 0. The molecule has 3 aromatic rings. The molecular formula is C20H21N3O4. The summed E-state index contributed by atoms with van der Waals surface area (Å²) in [5, 5.41) is 6.72. The third-order valence-corrected chi connectivity index (χ3v) is 4.05. The molecule has 1 amide bonds. The minimum Gasteiger partial charge on any atom is -0.497 e. The van der Waals surface area contributed by atoms with Gasteiger partial charge in [0.05, 0.1) is 20.8 Å². The smallest absolute Gasteiger partial charge is 0.246 e. The van der Waals surface area contributed by atoms with Crippen LogP contribution in [-0.2, 0) is 17.8 Å². The zero-order valence-electron chi connectivity index (χ0n) is 15.3. The number of amides is 1. The highest BCUT2D eigenvalue weighted by molar-refractivity contribution is 5.76. The molecule has 2 aromatic carbocycles. The van der Waals surface area contributed by atoms with Crippen LogP contribution in [-0.4, -0.2) is 30.3 Å². The predicted molar refractivity (Wildman–Crippen MR) is 99.4 cm³/mol. The Bertz CT molecular complexity index is 893. The molecule has 3 rings (SSSR count). The summed E-state index contributed by atoms with van der Waals surface area (Å²) in [6, 6.07) is 15.0. The number of benzene rings is 2. The predicted octanol–water partition coefficient (Wildman–Crippen LogP) is 3.00. The molecule has 0 aliphatic heterocycles. The van der Waals surface area contributed by atoms with Crippen molar-refractivity contribution in [3.05, 3.63) is 60.0 Å². The molecule has 7 heteroatoms. The van der Waals surface area contributed by atoms with Crippen LogP contribution in [0, 0.1) is 0 Å². The zero-order valence-corrected chi connectivity index (χ0v) is 15.3. The Morgan fingerprint density at radius 3 is 2.67 bits per heavy atom. The quantitative estimate of drug-likeness (QED) is 0.659. The third-order valence-electron chi connectivity index (χ3n) is 4.05. The van der Waals surface area contributed by atoms with Gasteiger partial charge in [0.15, 0.2) is 0 Å². The summed E-state index contributed by atoms with van der Waals surface area (Å²) in [5.74, 6) is 2.21. The van der Waals surface area contributed by atoms with Crippen LogP contribution < -0.4 is 14.8 Å². The van der Waals surface area contributed by atoms with Crippen molar-refractivity contribution in [3.8, 4) is 22.9 Å². The number of aromatic nitrogens is 2. The standard InChI is InChI=1S/C20H21N3O4/c1-25-16-9-10-17(26-2)15(12-16)8-11-18(24)21-13-19-22-20(23-27-19)14-6-4-3-5-7-14/h3-7,9-10,12H,8,11,13H2,1-2H3,(H,21,24). The van der Waals surface area contributed by atoms with E-state index in [1.807, 2.05) is 48.5 Å². The fraction of sp³-hybridized carbons (Fsp3) is 0.250. The van der Waals surface area contributed by atoms with Gasteiger partial charge in [0, 0.05) is 12.0 Å². The molecule has 0 unspecified atom stereocenters. The highest BCUT2D eigenvalue weighted by Gasteiger charge is 2.11. The van der Waals surface area contributed by atoms with Crippen LogP contribution in [0.25, 0.3) is 11.4 Å². The van der Waals surface area contributed by atoms with E-state index >= 15 is 0 Å². The van der Waals surface area contributed by atoms with Crippen molar-refractivity contribution >= 4 is 5.91 Å². The number of carbonyl (C=O) groups excluding carboxylic acids is 1. The third kappa shape index (κ3) is 4.84. The normalized spacial score (nSPS) is 10.4. The molecular weight excluding hydrogens is 346 g/mol. The Labute approximate surface area is 157 Å². The Hall–Kier alpha value is -3.35. The van der Waals surface area contributed by atoms with Gasteiger partial charge in [-0.15, -0.1) is 0 Å². The van der Waals surface area contributed by atoms with E-state index in [0.29, 0.717) is 24.6 Å². The summed E-state index contributed by atoms with van der Waals surface area (Å²) in [6.45, 7) is 0.188. The lowest BCUT2D eigenvalue weighted by Gasteiger charge is -2.10. The average Bonchev–Trinajstić information content (AvgIpc) is 3.20. The van der Waals surface area contributed by atoms with Crippen LogP contribution in [0.5, 0.6) is 11.5 Å². The maximum Gasteiger partial charge on any atom is 0.246 e. The highest BCUT2D eigenvalue weighted by Crippen LogP contribution is 2.25. The van der Waals surface area contributed by atoms with Gasteiger partial charge in [-0.3, -0.25) is 4.79 Å². The van der Waals surface area contributed by atoms with E-state index in [-0.39, 0.29) is 12.5 Å². The molecule has 0 radical (unpaired) electrons. The molecule has 0 aliphatic rings. The van der Waals surface area contributed by atoms with E-state index < -0.39 is 0 Å². The van der Waals surface area contributed by atoms with Crippen molar-refractivity contribution in [2.24, 2.45) is 0 Å². The number of rotatable bonds is 8. The average molecular weight is 367 g/mol. The van der Waals surface area contributed by atoms with E-state index in [0.717, 1.165) is 22.6 Å². The molecule has 0 fully saturated rings. The fourth-order valence-corrected chi connectivity index (χ4v) is 2.62. The van der Waals surface area contributed by atoms with Gasteiger partial charge in [-0.05, 0) is 30.2 Å². The second kappa shape index (κ2) is 8.84. The minimum atomic E-state index is -0.112. The van der Waals surface area contributed by atoms with Gasteiger partial charge in [0.2, 0.25) is 17.6 Å². The van der Waals surface area contributed by atoms with Crippen molar-refractivity contribution in [1.29, 1.82) is 0 Å². The Balaban J connectivity index is 1.53. The molecule has 1 aromatic heterocycles. The number of hydrogen-bond acceptors (Lipinski definition) is 6. The van der Waals surface area contributed by atoms with E-state index in [2.05, 4.69) is 15.5 Å². The van der Waals surface area contributed by atoms with Crippen molar-refractivity contribution in [2.75, 3.05) is 14.2 Å². The molecule has 1 N–H and O–H groups in total. The number of carbonyl (C=O) groups is 1. The molecule has 0 saturated carbocycles. The van der Waals surface area contributed by atoms with Gasteiger partial charge in [0.25, 0.3) is 0 Å². The lowest BCUT2D eigenvalue weighted by atomic mass is 10.1. The SMILES string of the molecule is COc1ccc(OC)c(CCC(=O)NCc2nc(-c3ccccc3)no2)c1. The Kier molecular flexibility index (Phi) is 6.04. The van der Waals surface area contributed by atoms with Crippen molar-refractivity contribution in [1.82, 2.24) is 15.5 Å². The number of nitrogens with zero attached hydrogens (tertiary/aromatic N) is 2. The first kappa shape index (κ1) is 18.4. The van der Waals surface area contributed by atoms with E-state index in [1.54, 1.807) is 14.2 Å². The molecule has 140 valence electrons. The number of nitrogens with one attached hydrogen (secondary N) is 1. The van der Waals surface area contributed by atoms with Gasteiger partial charge >= 0.3 is 0 Å². The first-order valence-corrected chi connectivity index (χ1v) is 8.55. The maximum absolute atomic E-state index is 12.1. The largest absolute Gasteiger partial charge is 0.497 e.